The van der Waals surface area contributed by atoms with Gasteiger partial charge in [-0.05, 0) is 60.5 Å². The Morgan fingerprint density at radius 1 is 1.05 bits per heavy atom. The maximum atomic E-state index is 13.1. The van der Waals surface area contributed by atoms with Crippen LogP contribution >= 0.6 is 0 Å². The molecule has 1 N–H and O–H groups in total. The summed E-state index contributed by atoms with van der Waals surface area (Å²) in [6.45, 7) is 7.39. The average Bonchev–Trinajstić information content (AvgIpc) is 3.33. The number of nitrogens with one attached hydrogen (secondary N) is 1. The van der Waals surface area contributed by atoms with Crippen molar-refractivity contribution in [2.75, 3.05) is 13.2 Å². The van der Waals surface area contributed by atoms with Crippen LogP contribution < -0.4 is 10.3 Å². The number of ether oxygens (including phenoxy) is 2. The Morgan fingerprint density at radius 2 is 1.86 bits per heavy atom. The van der Waals surface area contributed by atoms with Crippen LogP contribution in [0.4, 0.5) is 0 Å². The standard InChI is InChI=1S/C27H32N6O4/c1-4-24(26-29-30-31-33(26)18-25(34)37-6-3)32(16-19-10-8-7-9-11-19)17-21-14-20-15-22(36-5-2)12-13-23(20)28-27(21)35/h7-15,24H,4-6,16-18H2,1-3H3,(H,28,35)/t24-/m1/s1. The first-order valence-corrected chi connectivity index (χ1v) is 12.5. The lowest BCUT2D eigenvalue weighted by molar-refractivity contribution is -0.144. The Balaban J connectivity index is 1.71. The van der Waals surface area contributed by atoms with Crippen molar-refractivity contribution in [3.8, 4) is 5.75 Å². The highest BCUT2D eigenvalue weighted by Gasteiger charge is 2.27. The summed E-state index contributed by atoms with van der Waals surface area (Å²) in [5.74, 6) is 0.887. The number of H-pyrrole nitrogens is 1. The summed E-state index contributed by atoms with van der Waals surface area (Å²) in [6.07, 6.45) is 0.663. The molecule has 2 heterocycles. The fourth-order valence-corrected chi connectivity index (χ4v) is 4.41. The smallest absolute Gasteiger partial charge is 0.327 e. The normalized spacial score (nSPS) is 12.1. The maximum Gasteiger partial charge on any atom is 0.327 e. The summed E-state index contributed by atoms with van der Waals surface area (Å²) < 4.78 is 12.2. The molecule has 10 heteroatoms. The Hall–Kier alpha value is -4.05. The summed E-state index contributed by atoms with van der Waals surface area (Å²) in [5.41, 5.74) is 2.29. The van der Waals surface area contributed by atoms with Crippen LogP contribution in [0.2, 0.25) is 0 Å². The van der Waals surface area contributed by atoms with Crippen LogP contribution in [0, 0.1) is 0 Å². The van der Waals surface area contributed by atoms with E-state index < -0.39 is 5.97 Å². The molecule has 0 amide bonds. The molecule has 37 heavy (non-hydrogen) atoms. The molecular formula is C27H32N6O4. The van der Waals surface area contributed by atoms with E-state index in [-0.39, 0.29) is 24.8 Å². The molecule has 10 nitrogen and oxygen atoms in total. The largest absolute Gasteiger partial charge is 0.494 e. The summed E-state index contributed by atoms with van der Waals surface area (Å²) in [4.78, 5) is 30.4. The lowest BCUT2D eigenvalue weighted by Crippen LogP contribution is -2.33. The molecule has 0 unspecified atom stereocenters. The molecule has 1 atom stereocenters. The molecule has 0 fully saturated rings. The van der Waals surface area contributed by atoms with Crippen molar-refractivity contribution in [2.45, 2.75) is 52.9 Å². The van der Waals surface area contributed by atoms with Crippen LogP contribution in [0.15, 0.2) is 59.4 Å². The number of esters is 1. The third kappa shape index (κ3) is 6.39. The van der Waals surface area contributed by atoms with Crippen molar-refractivity contribution < 1.29 is 14.3 Å². The number of rotatable bonds is 12. The lowest BCUT2D eigenvalue weighted by Gasteiger charge is -2.30. The number of fused-ring (bicyclic) bond motifs is 1. The van der Waals surface area contributed by atoms with Gasteiger partial charge in [-0.3, -0.25) is 14.5 Å². The highest BCUT2D eigenvalue weighted by atomic mass is 16.5. The maximum absolute atomic E-state index is 13.1. The molecule has 0 aliphatic carbocycles. The topological polar surface area (TPSA) is 115 Å². The number of carbonyl (C=O) groups is 1. The third-order valence-corrected chi connectivity index (χ3v) is 6.07. The van der Waals surface area contributed by atoms with Gasteiger partial charge in [0, 0.05) is 29.6 Å². The van der Waals surface area contributed by atoms with Gasteiger partial charge in [-0.1, -0.05) is 37.3 Å². The monoisotopic (exact) mass is 504 g/mol. The number of aromatic amines is 1. The van der Waals surface area contributed by atoms with E-state index in [0.29, 0.717) is 37.5 Å². The first-order chi connectivity index (χ1) is 18.0. The Morgan fingerprint density at radius 3 is 2.59 bits per heavy atom. The fraction of sp³-hybridized carbons (Fsp3) is 0.370. The highest BCUT2D eigenvalue weighted by Crippen LogP contribution is 2.27. The molecule has 0 spiro atoms. The Kier molecular flexibility index (Phi) is 8.63. The number of tetrazole rings is 1. The first-order valence-electron chi connectivity index (χ1n) is 12.5. The molecule has 4 aromatic rings. The van der Waals surface area contributed by atoms with E-state index in [2.05, 4.69) is 25.4 Å². The number of hydrogen-bond acceptors (Lipinski definition) is 8. The van der Waals surface area contributed by atoms with Crippen LogP contribution in [-0.4, -0.2) is 49.3 Å². The second-order valence-electron chi connectivity index (χ2n) is 8.62. The first kappa shape index (κ1) is 26.0. The second kappa shape index (κ2) is 12.3. The van der Waals surface area contributed by atoms with Crippen LogP contribution in [0.5, 0.6) is 5.75 Å². The molecule has 2 aromatic heterocycles. The molecule has 0 bridgehead atoms. The minimum Gasteiger partial charge on any atom is -0.494 e. The zero-order chi connectivity index (χ0) is 26.2. The van der Waals surface area contributed by atoms with Crippen LogP contribution in [0.25, 0.3) is 10.9 Å². The molecule has 0 saturated carbocycles. The Bertz CT molecular complexity index is 1380. The molecular weight excluding hydrogens is 472 g/mol. The number of benzene rings is 2. The third-order valence-electron chi connectivity index (χ3n) is 6.07. The molecule has 0 radical (unpaired) electrons. The molecule has 194 valence electrons. The molecule has 0 aliphatic heterocycles. The number of pyridine rings is 1. The number of nitrogens with zero attached hydrogens (tertiary/aromatic N) is 5. The van der Waals surface area contributed by atoms with E-state index in [4.69, 9.17) is 9.47 Å². The minimum atomic E-state index is -0.406. The van der Waals surface area contributed by atoms with E-state index in [9.17, 15) is 9.59 Å². The van der Waals surface area contributed by atoms with E-state index in [1.165, 1.54) is 4.68 Å². The van der Waals surface area contributed by atoms with E-state index in [1.54, 1.807) is 6.92 Å². The van der Waals surface area contributed by atoms with Gasteiger partial charge in [0.1, 0.15) is 12.3 Å². The van der Waals surface area contributed by atoms with Crippen LogP contribution in [-0.2, 0) is 29.2 Å². The van der Waals surface area contributed by atoms with E-state index in [0.717, 1.165) is 22.2 Å². The van der Waals surface area contributed by atoms with Crippen LogP contribution in [0.3, 0.4) is 0 Å². The van der Waals surface area contributed by atoms with Gasteiger partial charge in [-0.2, -0.15) is 0 Å². The van der Waals surface area contributed by atoms with E-state index >= 15 is 0 Å². The van der Waals surface area contributed by atoms with Gasteiger partial charge in [-0.15, -0.1) is 5.10 Å². The number of carbonyl (C=O) groups excluding carboxylic acids is 1. The van der Waals surface area contributed by atoms with Gasteiger partial charge in [-0.25, -0.2) is 4.68 Å². The van der Waals surface area contributed by atoms with E-state index in [1.807, 2.05) is 68.4 Å². The van der Waals surface area contributed by atoms with Gasteiger partial charge in [0.05, 0.1) is 19.3 Å². The van der Waals surface area contributed by atoms with Crippen molar-refractivity contribution in [3.05, 3.63) is 81.9 Å². The number of hydrogen-bond donors (Lipinski definition) is 1. The van der Waals surface area contributed by atoms with Gasteiger partial charge < -0.3 is 14.5 Å². The van der Waals surface area contributed by atoms with Gasteiger partial charge in [0.25, 0.3) is 5.56 Å². The van der Waals surface area contributed by atoms with Crippen LogP contribution in [0.1, 0.15) is 50.2 Å². The number of aromatic nitrogens is 5. The predicted octanol–water partition coefficient (Wildman–Crippen LogP) is 3.63. The molecule has 0 saturated heterocycles. The highest BCUT2D eigenvalue weighted by molar-refractivity contribution is 5.80. The van der Waals surface area contributed by atoms with Crippen molar-refractivity contribution >= 4 is 16.9 Å². The molecule has 0 aliphatic rings. The fourth-order valence-electron chi connectivity index (χ4n) is 4.41. The zero-order valence-electron chi connectivity index (χ0n) is 21.4. The molecule has 2 aromatic carbocycles. The van der Waals surface area contributed by atoms with Crippen molar-refractivity contribution in [2.24, 2.45) is 0 Å². The Labute approximate surface area is 215 Å². The molecule has 4 rings (SSSR count). The van der Waals surface area contributed by atoms with Gasteiger partial charge >= 0.3 is 5.97 Å². The van der Waals surface area contributed by atoms with Crippen molar-refractivity contribution in [3.63, 3.8) is 0 Å². The zero-order valence-corrected chi connectivity index (χ0v) is 21.4. The minimum absolute atomic E-state index is 0.0807. The summed E-state index contributed by atoms with van der Waals surface area (Å²) >= 11 is 0. The second-order valence-corrected chi connectivity index (χ2v) is 8.62. The van der Waals surface area contributed by atoms with Crippen molar-refractivity contribution in [1.82, 2.24) is 30.1 Å². The SMILES string of the molecule is CCOC(=O)Cn1nnnc1[C@@H](CC)N(Cc1ccccc1)Cc1cc2cc(OCC)ccc2[nH]c1=O. The van der Waals surface area contributed by atoms with Crippen molar-refractivity contribution in [1.29, 1.82) is 0 Å². The lowest BCUT2D eigenvalue weighted by atomic mass is 10.1. The summed E-state index contributed by atoms with van der Waals surface area (Å²) in [7, 11) is 0. The summed E-state index contributed by atoms with van der Waals surface area (Å²) in [6, 6.07) is 17.3. The summed E-state index contributed by atoms with van der Waals surface area (Å²) in [5, 5.41) is 13.0. The quantitative estimate of drug-likeness (QED) is 0.291. The average molecular weight is 505 g/mol. The van der Waals surface area contributed by atoms with Gasteiger partial charge in [0.2, 0.25) is 0 Å². The predicted molar refractivity (Wildman–Crippen MR) is 139 cm³/mol. The van der Waals surface area contributed by atoms with Gasteiger partial charge in [0.15, 0.2) is 5.82 Å².